The summed E-state index contributed by atoms with van der Waals surface area (Å²) in [6.07, 6.45) is 1.85. The second kappa shape index (κ2) is 6.35. The summed E-state index contributed by atoms with van der Waals surface area (Å²) in [5, 5.41) is 0.458. The molecule has 0 aliphatic carbocycles. The van der Waals surface area contributed by atoms with E-state index in [1.165, 1.54) is 6.42 Å². The molecule has 0 aliphatic heterocycles. The molecule has 72 valence electrons. The molecule has 12 heavy (non-hydrogen) atoms. The molecule has 0 aromatic carbocycles. The lowest BCUT2D eigenvalue weighted by Crippen LogP contribution is -2.24. The first kappa shape index (κ1) is 11.8. The molecule has 0 radical (unpaired) electrons. The largest absolute Gasteiger partial charge is 0.349 e. The molecule has 0 aromatic heterocycles. The molecular weight excluding hydrogens is 170 g/mol. The number of hydrogen-bond acceptors (Lipinski definition) is 2. The van der Waals surface area contributed by atoms with Crippen LogP contribution in [0.15, 0.2) is 0 Å². The number of rotatable bonds is 5. The third-order valence-corrected chi connectivity index (χ3v) is 2.95. The van der Waals surface area contributed by atoms with Crippen molar-refractivity contribution in [2.24, 2.45) is 0 Å². The maximum absolute atomic E-state index is 11.2. The third kappa shape index (κ3) is 5.47. The van der Waals surface area contributed by atoms with Gasteiger partial charge >= 0.3 is 0 Å². The zero-order chi connectivity index (χ0) is 9.56. The molecule has 0 aromatic rings. The highest BCUT2D eigenvalue weighted by molar-refractivity contribution is 7.99. The number of nitrogens with zero attached hydrogens (tertiary/aromatic N) is 1. The van der Waals surface area contributed by atoms with Gasteiger partial charge in [-0.3, -0.25) is 4.79 Å². The lowest BCUT2D eigenvalue weighted by molar-refractivity contribution is -0.128. The summed E-state index contributed by atoms with van der Waals surface area (Å²) >= 11 is 1.87. The van der Waals surface area contributed by atoms with Crippen LogP contribution in [-0.4, -0.2) is 35.9 Å². The van der Waals surface area contributed by atoms with Gasteiger partial charge < -0.3 is 4.90 Å². The highest BCUT2D eigenvalue weighted by atomic mass is 32.2. The van der Waals surface area contributed by atoms with Gasteiger partial charge in [0.2, 0.25) is 5.91 Å². The summed E-state index contributed by atoms with van der Waals surface area (Å²) in [6, 6.07) is 0. The number of hydrogen-bond donors (Lipinski definition) is 0. The van der Waals surface area contributed by atoms with Gasteiger partial charge in [0.1, 0.15) is 0 Å². The average molecular weight is 189 g/mol. The van der Waals surface area contributed by atoms with Gasteiger partial charge in [0.15, 0.2) is 0 Å². The Bertz CT molecular complexity index is 136. The van der Waals surface area contributed by atoms with Crippen LogP contribution in [0.3, 0.4) is 0 Å². The minimum absolute atomic E-state index is 0.228. The highest BCUT2D eigenvalue weighted by Gasteiger charge is 2.09. The predicted molar refractivity (Wildman–Crippen MR) is 55.5 cm³/mol. The van der Waals surface area contributed by atoms with Crippen molar-refractivity contribution in [3.8, 4) is 0 Å². The molecule has 0 N–H and O–H groups in total. The van der Waals surface area contributed by atoms with Crippen molar-refractivity contribution in [2.75, 3.05) is 19.8 Å². The number of amides is 1. The van der Waals surface area contributed by atoms with Crippen molar-refractivity contribution in [2.45, 2.75) is 31.9 Å². The Morgan fingerprint density at radius 2 is 2.08 bits per heavy atom. The maximum atomic E-state index is 11.2. The van der Waals surface area contributed by atoms with Gasteiger partial charge in [0.05, 0.1) is 0 Å². The fourth-order valence-corrected chi connectivity index (χ4v) is 1.70. The Hall–Kier alpha value is -0.180. The quantitative estimate of drug-likeness (QED) is 0.659. The molecule has 1 atom stereocenters. The molecule has 0 spiro atoms. The average Bonchev–Trinajstić information content (AvgIpc) is 2.00. The van der Waals surface area contributed by atoms with Crippen LogP contribution in [0.25, 0.3) is 0 Å². The summed E-state index contributed by atoms with van der Waals surface area (Å²) < 4.78 is 0. The predicted octanol–water partition coefficient (Wildman–Crippen LogP) is 2.00. The molecule has 2 nitrogen and oxygen atoms in total. The zero-order valence-corrected chi connectivity index (χ0v) is 9.28. The molecule has 0 fully saturated rings. The van der Waals surface area contributed by atoms with Crippen LogP contribution in [-0.2, 0) is 4.79 Å². The summed E-state index contributed by atoms with van der Waals surface area (Å²) in [5.41, 5.74) is 0. The van der Waals surface area contributed by atoms with Crippen molar-refractivity contribution < 1.29 is 4.79 Å². The molecule has 0 saturated carbocycles. The zero-order valence-electron chi connectivity index (χ0n) is 8.46. The van der Waals surface area contributed by atoms with Gasteiger partial charge in [-0.25, -0.2) is 0 Å². The van der Waals surface area contributed by atoms with E-state index in [1.807, 2.05) is 11.8 Å². The summed E-state index contributed by atoms with van der Waals surface area (Å²) in [5.74, 6) is 1.38. The van der Waals surface area contributed by atoms with E-state index >= 15 is 0 Å². The first-order valence-electron chi connectivity index (χ1n) is 4.39. The van der Waals surface area contributed by atoms with E-state index in [1.54, 1.807) is 19.0 Å². The van der Waals surface area contributed by atoms with E-state index in [-0.39, 0.29) is 5.91 Å². The topological polar surface area (TPSA) is 20.3 Å². The van der Waals surface area contributed by atoms with E-state index in [4.69, 9.17) is 0 Å². The molecule has 0 saturated heterocycles. The molecule has 0 heterocycles. The summed E-state index contributed by atoms with van der Waals surface area (Å²) in [7, 11) is 3.61. The molecule has 0 rings (SSSR count). The van der Waals surface area contributed by atoms with Gasteiger partial charge in [0, 0.05) is 25.8 Å². The van der Waals surface area contributed by atoms with E-state index < -0.39 is 0 Å². The number of thioether (sulfide) groups is 1. The van der Waals surface area contributed by atoms with Crippen LogP contribution >= 0.6 is 11.8 Å². The van der Waals surface area contributed by atoms with Gasteiger partial charge in [-0.15, -0.1) is 0 Å². The standard InChI is InChI=1S/C9H19NOS/c1-5-6-12-8(2)7-9(11)10(3)4/h8H,5-7H2,1-4H3. The first-order valence-corrected chi connectivity index (χ1v) is 5.44. The van der Waals surface area contributed by atoms with Crippen molar-refractivity contribution in [3.63, 3.8) is 0 Å². The second-order valence-corrected chi connectivity index (χ2v) is 4.72. The summed E-state index contributed by atoms with van der Waals surface area (Å²) in [4.78, 5) is 12.9. The highest BCUT2D eigenvalue weighted by Crippen LogP contribution is 2.15. The van der Waals surface area contributed by atoms with E-state index in [9.17, 15) is 4.79 Å². The molecule has 0 bridgehead atoms. The monoisotopic (exact) mass is 189 g/mol. The smallest absolute Gasteiger partial charge is 0.223 e. The van der Waals surface area contributed by atoms with Gasteiger partial charge in [0.25, 0.3) is 0 Å². The normalized spacial score (nSPS) is 12.7. The Balaban J connectivity index is 3.54. The van der Waals surface area contributed by atoms with Crippen LogP contribution in [0, 0.1) is 0 Å². The van der Waals surface area contributed by atoms with Crippen molar-refractivity contribution >= 4 is 17.7 Å². The molecular formula is C9H19NOS. The van der Waals surface area contributed by atoms with E-state index in [0.29, 0.717) is 11.7 Å². The fourth-order valence-electron chi connectivity index (χ4n) is 0.806. The Morgan fingerprint density at radius 1 is 1.50 bits per heavy atom. The van der Waals surface area contributed by atoms with Crippen LogP contribution in [0.4, 0.5) is 0 Å². The van der Waals surface area contributed by atoms with Gasteiger partial charge in [-0.1, -0.05) is 13.8 Å². The van der Waals surface area contributed by atoms with Crippen molar-refractivity contribution in [1.29, 1.82) is 0 Å². The van der Waals surface area contributed by atoms with Gasteiger partial charge in [-0.05, 0) is 12.2 Å². The Morgan fingerprint density at radius 3 is 2.50 bits per heavy atom. The minimum atomic E-state index is 0.228. The van der Waals surface area contributed by atoms with E-state index in [0.717, 1.165) is 5.75 Å². The SMILES string of the molecule is CCCSC(C)CC(=O)N(C)C. The van der Waals surface area contributed by atoms with Crippen molar-refractivity contribution in [1.82, 2.24) is 4.90 Å². The van der Waals surface area contributed by atoms with Crippen LogP contribution < -0.4 is 0 Å². The van der Waals surface area contributed by atoms with Crippen LogP contribution in [0.5, 0.6) is 0 Å². The second-order valence-electron chi connectivity index (χ2n) is 3.17. The Labute approximate surface area is 79.7 Å². The van der Waals surface area contributed by atoms with Crippen molar-refractivity contribution in [3.05, 3.63) is 0 Å². The molecule has 1 amide bonds. The molecule has 0 aliphatic rings. The Kier molecular flexibility index (Phi) is 6.25. The minimum Gasteiger partial charge on any atom is -0.349 e. The van der Waals surface area contributed by atoms with Gasteiger partial charge in [-0.2, -0.15) is 11.8 Å². The molecule has 3 heteroatoms. The van der Waals surface area contributed by atoms with Crippen LogP contribution in [0.1, 0.15) is 26.7 Å². The lowest BCUT2D eigenvalue weighted by atomic mass is 10.3. The van der Waals surface area contributed by atoms with E-state index in [2.05, 4.69) is 13.8 Å². The maximum Gasteiger partial charge on any atom is 0.223 e. The van der Waals surface area contributed by atoms with Crippen LogP contribution in [0.2, 0.25) is 0 Å². The summed E-state index contributed by atoms with van der Waals surface area (Å²) in [6.45, 7) is 4.27. The third-order valence-electron chi connectivity index (χ3n) is 1.57. The lowest BCUT2D eigenvalue weighted by Gasteiger charge is -2.14. The number of carbonyl (C=O) groups is 1. The number of carbonyl (C=O) groups excluding carboxylic acids is 1. The fraction of sp³-hybridized carbons (Fsp3) is 0.889. The first-order chi connectivity index (χ1) is 5.57. The molecule has 1 unspecified atom stereocenters.